The molecule has 0 spiro atoms. The zero-order chi connectivity index (χ0) is 25.9. The highest BCUT2D eigenvalue weighted by molar-refractivity contribution is 6.04. The number of morpholine rings is 1. The Hall–Kier alpha value is -3.93. The van der Waals surface area contributed by atoms with Crippen LogP contribution in [0.4, 0.5) is 11.4 Å². The van der Waals surface area contributed by atoms with Gasteiger partial charge in [0.15, 0.2) is 5.76 Å². The van der Waals surface area contributed by atoms with Crippen LogP contribution in [0.5, 0.6) is 0 Å². The fraction of sp³-hybridized carbons (Fsp3) is 0.370. The second-order valence-corrected chi connectivity index (χ2v) is 9.43. The maximum absolute atomic E-state index is 13.6. The van der Waals surface area contributed by atoms with Crippen LogP contribution in [0.1, 0.15) is 10.6 Å². The van der Waals surface area contributed by atoms with Crippen LogP contribution in [0.3, 0.4) is 0 Å². The van der Waals surface area contributed by atoms with Crippen molar-refractivity contribution in [2.24, 2.45) is 0 Å². The highest BCUT2D eigenvalue weighted by atomic mass is 16.5. The zero-order valence-corrected chi connectivity index (χ0v) is 21.1. The molecule has 2 fully saturated rings. The van der Waals surface area contributed by atoms with Crippen LogP contribution in [0.25, 0.3) is 16.9 Å². The highest BCUT2D eigenvalue weighted by Gasteiger charge is 2.21. The van der Waals surface area contributed by atoms with E-state index in [0.29, 0.717) is 31.3 Å². The van der Waals surface area contributed by atoms with Gasteiger partial charge in [-0.1, -0.05) is 12.1 Å². The van der Waals surface area contributed by atoms with E-state index < -0.39 is 5.91 Å². The van der Waals surface area contributed by atoms with Gasteiger partial charge >= 0.3 is 5.69 Å². The number of aromatic nitrogens is 3. The number of nitrogens with zero attached hydrogens (tertiary/aromatic N) is 5. The summed E-state index contributed by atoms with van der Waals surface area (Å²) in [4.78, 5) is 35.4. The molecule has 0 bridgehead atoms. The fourth-order valence-corrected chi connectivity index (χ4v) is 5.12. The molecule has 1 amide bonds. The Morgan fingerprint density at radius 1 is 0.974 bits per heavy atom. The van der Waals surface area contributed by atoms with Gasteiger partial charge in [0.05, 0.1) is 41.8 Å². The number of anilines is 2. The molecule has 2 aliphatic heterocycles. The quantitative estimate of drug-likeness (QED) is 0.382. The Bertz CT molecular complexity index is 1480. The van der Waals surface area contributed by atoms with E-state index in [1.165, 1.54) is 4.57 Å². The summed E-state index contributed by atoms with van der Waals surface area (Å²) in [5.41, 5.74) is 2.89. The van der Waals surface area contributed by atoms with Gasteiger partial charge in [0.2, 0.25) is 5.88 Å². The number of pyridine rings is 1. The summed E-state index contributed by atoms with van der Waals surface area (Å²) < 4.78 is 14.7. The third kappa shape index (κ3) is 4.83. The smallest absolute Gasteiger partial charge is 0.336 e. The van der Waals surface area contributed by atoms with Gasteiger partial charge in [0.25, 0.3) is 5.91 Å². The normalized spacial score (nSPS) is 16.7. The molecule has 3 aromatic heterocycles. The van der Waals surface area contributed by atoms with E-state index in [2.05, 4.69) is 25.4 Å². The van der Waals surface area contributed by atoms with E-state index in [4.69, 9.17) is 9.15 Å². The molecule has 0 aliphatic carbocycles. The van der Waals surface area contributed by atoms with Gasteiger partial charge in [-0.3, -0.25) is 19.2 Å². The van der Waals surface area contributed by atoms with E-state index in [-0.39, 0.29) is 11.4 Å². The summed E-state index contributed by atoms with van der Waals surface area (Å²) in [6.07, 6.45) is 3.37. The molecule has 0 atom stereocenters. The molecule has 38 heavy (non-hydrogen) atoms. The number of hydrogen-bond donors (Lipinski definition) is 2. The van der Waals surface area contributed by atoms with E-state index in [1.807, 2.05) is 30.3 Å². The first-order chi connectivity index (χ1) is 18.7. The monoisotopic (exact) mass is 517 g/mol. The molecule has 11 heteroatoms. The molecule has 4 aromatic rings. The Labute approximate surface area is 219 Å². The topological polar surface area (TPSA) is 110 Å². The fourth-order valence-electron chi connectivity index (χ4n) is 5.12. The molecular weight excluding hydrogens is 486 g/mol. The van der Waals surface area contributed by atoms with Gasteiger partial charge in [-0.15, -0.1) is 0 Å². The number of benzene rings is 1. The number of ether oxygens (including phenoxy) is 1. The molecule has 2 N–H and O–H groups in total. The first kappa shape index (κ1) is 24.4. The number of carbonyl (C=O) groups is 1. The summed E-state index contributed by atoms with van der Waals surface area (Å²) in [7, 11) is 0. The Morgan fingerprint density at radius 2 is 1.76 bits per heavy atom. The molecule has 11 nitrogen and oxygen atoms in total. The predicted octanol–water partition coefficient (Wildman–Crippen LogP) is 1.77. The molecule has 1 aromatic carbocycles. The number of carbonyl (C=O) groups excluding carboxylic acids is 1. The van der Waals surface area contributed by atoms with E-state index >= 15 is 0 Å². The molecule has 5 heterocycles. The van der Waals surface area contributed by atoms with Crippen molar-refractivity contribution >= 4 is 28.3 Å². The van der Waals surface area contributed by atoms with Crippen LogP contribution < -0.4 is 21.2 Å². The lowest BCUT2D eigenvalue weighted by atomic mass is 10.2. The Morgan fingerprint density at radius 3 is 2.58 bits per heavy atom. The molecular formula is C27H31N7O4. The predicted molar refractivity (Wildman–Crippen MR) is 144 cm³/mol. The maximum atomic E-state index is 13.6. The number of para-hydroxylation sites is 2. The standard InChI is InChI=1S/C27H31N7O4/c35-26(30-20-19-29-8-7-21(20)32-11-9-28-10-12-32)24-5-6-25(38-24)34-23-4-2-1-3-22(23)33(27(34)36)14-13-31-15-17-37-18-16-31/h1-8,19,28H,9-18H2,(H,30,35). The number of furan rings is 1. The molecule has 6 rings (SSSR count). The number of hydrogen-bond acceptors (Lipinski definition) is 8. The minimum atomic E-state index is -0.398. The summed E-state index contributed by atoms with van der Waals surface area (Å²) in [6.45, 7) is 7.90. The van der Waals surface area contributed by atoms with Crippen molar-refractivity contribution in [2.75, 3.05) is 69.2 Å². The van der Waals surface area contributed by atoms with E-state index in [9.17, 15) is 9.59 Å². The van der Waals surface area contributed by atoms with Crippen LogP contribution in [0.15, 0.2) is 64.1 Å². The zero-order valence-electron chi connectivity index (χ0n) is 21.1. The Balaban J connectivity index is 1.25. The SMILES string of the molecule is O=C(Nc1cnccc1N1CCNCC1)c1ccc(-n2c(=O)n(CCN3CCOCC3)c3ccccc32)o1. The number of imidazole rings is 1. The second-order valence-electron chi connectivity index (χ2n) is 9.43. The van der Waals surface area contributed by atoms with Crippen molar-refractivity contribution in [3.8, 4) is 5.88 Å². The van der Waals surface area contributed by atoms with Crippen LogP contribution >= 0.6 is 0 Å². The molecule has 0 radical (unpaired) electrons. The number of nitrogens with one attached hydrogen (secondary N) is 2. The van der Waals surface area contributed by atoms with Crippen molar-refractivity contribution in [3.63, 3.8) is 0 Å². The van der Waals surface area contributed by atoms with Crippen LogP contribution in [-0.4, -0.2) is 84.0 Å². The average molecular weight is 518 g/mol. The minimum absolute atomic E-state index is 0.118. The number of piperazine rings is 1. The first-order valence-electron chi connectivity index (χ1n) is 13.0. The molecule has 0 unspecified atom stereocenters. The van der Waals surface area contributed by atoms with Crippen molar-refractivity contribution in [3.05, 3.63) is 71.1 Å². The summed E-state index contributed by atoms with van der Waals surface area (Å²) >= 11 is 0. The lowest BCUT2D eigenvalue weighted by molar-refractivity contribution is 0.0364. The van der Waals surface area contributed by atoms with Gasteiger partial charge in [-0.25, -0.2) is 9.36 Å². The summed E-state index contributed by atoms with van der Waals surface area (Å²) in [6, 6.07) is 12.8. The number of fused-ring (bicyclic) bond motifs is 1. The van der Waals surface area contributed by atoms with Gasteiger partial charge in [-0.05, 0) is 24.3 Å². The number of amides is 1. The molecule has 0 saturated carbocycles. The highest BCUT2D eigenvalue weighted by Crippen LogP contribution is 2.26. The lowest BCUT2D eigenvalue weighted by Gasteiger charge is -2.30. The van der Waals surface area contributed by atoms with Crippen LogP contribution in [0.2, 0.25) is 0 Å². The third-order valence-electron chi connectivity index (χ3n) is 7.12. The van der Waals surface area contributed by atoms with Crippen molar-refractivity contribution in [1.29, 1.82) is 0 Å². The first-order valence-corrected chi connectivity index (χ1v) is 13.0. The van der Waals surface area contributed by atoms with Crippen LogP contribution in [0, 0.1) is 0 Å². The second kappa shape index (κ2) is 10.8. The van der Waals surface area contributed by atoms with Crippen LogP contribution in [-0.2, 0) is 11.3 Å². The van der Waals surface area contributed by atoms with E-state index in [1.54, 1.807) is 29.1 Å². The number of rotatable bonds is 7. The largest absolute Gasteiger partial charge is 0.435 e. The molecule has 2 aliphatic rings. The minimum Gasteiger partial charge on any atom is -0.435 e. The van der Waals surface area contributed by atoms with Gasteiger partial charge < -0.3 is 24.7 Å². The van der Waals surface area contributed by atoms with Gasteiger partial charge in [0.1, 0.15) is 0 Å². The lowest BCUT2D eigenvalue weighted by Crippen LogP contribution is -2.43. The summed E-state index contributed by atoms with van der Waals surface area (Å²) in [5, 5.41) is 6.27. The Kier molecular flexibility index (Phi) is 6.95. The van der Waals surface area contributed by atoms with Crippen molar-refractivity contribution < 1.29 is 13.9 Å². The van der Waals surface area contributed by atoms with Gasteiger partial charge in [-0.2, -0.15) is 0 Å². The van der Waals surface area contributed by atoms with Crippen molar-refractivity contribution in [1.82, 2.24) is 24.3 Å². The third-order valence-corrected chi connectivity index (χ3v) is 7.12. The molecule has 2 saturated heterocycles. The molecule has 198 valence electrons. The average Bonchev–Trinajstić information content (AvgIpc) is 3.55. The van der Waals surface area contributed by atoms with Gasteiger partial charge in [0, 0.05) is 64.6 Å². The maximum Gasteiger partial charge on any atom is 0.336 e. The summed E-state index contributed by atoms with van der Waals surface area (Å²) in [5.74, 6) is 0.0203. The van der Waals surface area contributed by atoms with Crippen molar-refractivity contribution in [2.45, 2.75) is 6.54 Å². The van der Waals surface area contributed by atoms with E-state index in [0.717, 1.165) is 62.5 Å².